The topological polar surface area (TPSA) is 105 Å². The highest BCUT2D eigenvalue weighted by molar-refractivity contribution is 7.91. The van der Waals surface area contributed by atoms with Gasteiger partial charge < -0.3 is 15.4 Å². The summed E-state index contributed by atoms with van der Waals surface area (Å²) in [5, 5.41) is 5.19. The molecule has 2 N–H and O–H groups in total. The van der Waals surface area contributed by atoms with E-state index in [0.29, 0.717) is 43.7 Å². The van der Waals surface area contributed by atoms with Crippen LogP contribution in [0, 0.1) is 11.6 Å². The second-order valence-corrected chi connectivity index (χ2v) is 10.3. The SMILES string of the molecule is O=C(CCCNC(=O)c1ccc(F)cc1F)NCc1ccc(S(=O)(=O)N2CCOCC2)s1. The Hall–Kier alpha value is -2.41. The number of carbonyl (C=O) groups is 2. The zero-order valence-corrected chi connectivity index (χ0v) is 18.7. The van der Waals surface area contributed by atoms with Crippen molar-refractivity contribution in [3.8, 4) is 0 Å². The third-order valence-corrected chi connectivity index (χ3v) is 8.15. The first kappa shape index (κ1) is 24.2. The number of nitrogens with one attached hydrogen (secondary N) is 2. The number of amides is 2. The quantitative estimate of drug-likeness (QED) is 0.526. The van der Waals surface area contributed by atoms with Crippen molar-refractivity contribution in [2.45, 2.75) is 23.6 Å². The molecule has 2 heterocycles. The summed E-state index contributed by atoms with van der Waals surface area (Å²) in [5.74, 6) is -2.67. The Balaban J connectivity index is 1.39. The summed E-state index contributed by atoms with van der Waals surface area (Å²) in [6.07, 6.45) is 0.442. The zero-order chi connectivity index (χ0) is 23.1. The summed E-state index contributed by atoms with van der Waals surface area (Å²) in [7, 11) is -3.56. The molecule has 8 nitrogen and oxygen atoms in total. The van der Waals surface area contributed by atoms with Gasteiger partial charge in [0.25, 0.3) is 15.9 Å². The largest absolute Gasteiger partial charge is 0.379 e. The lowest BCUT2D eigenvalue weighted by molar-refractivity contribution is -0.121. The normalized spacial score (nSPS) is 14.8. The van der Waals surface area contributed by atoms with Crippen LogP contribution in [-0.2, 0) is 26.1 Å². The molecular formula is C20H23F2N3O5S2. The van der Waals surface area contributed by atoms with Crippen molar-refractivity contribution >= 4 is 33.2 Å². The predicted molar refractivity (Wildman–Crippen MR) is 114 cm³/mol. The molecule has 2 amide bonds. The second kappa shape index (κ2) is 10.9. The first-order valence-corrected chi connectivity index (χ1v) is 12.2. The van der Waals surface area contributed by atoms with Gasteiger partial charge in [-0.15, -0.1) is 11.3 Å². The van der Waals surface area contributed by atoms with Gasteiger partial charge in [0.1, 0.15) is 15.8 Å². The zero-order valence-electron chi connectivity index (χ0n) is 17.1. The Morgan fingerprint density at radius 1 is 1.09 bits per heavy atom. The molecule has 0 spiro atoms. The van der Waals surface area contributed by atoms with Gasteiger partial charge in [-0.1, -0.05) is 0 Å². The van der Waals surface area contributed by atoms with E-state index >= 15 is 0 Å². The van der Waals surface area contributed by atoms with Crippen molar-refractivity contribution in [3.63, 3.8) is 0 Å². The lowest BCUT2D eigenvalue weighted by Crippen LogP contribution is -2.40. The van der Waals surface area contributed by atoms with E-state index in [1.807, 2.05) is 0 Å². The van der Waals surface area contributed by atoms with Crippen molar-refractivity contribution in [1.29, 1.82) is 0 Å². The summed E-state index contributed by atoms with van der Waals surface area (Å²) in [4.78, 5) is 24.6. The number of sulfonamides is 1. The van der Waals surface area contributed by atoms with Crippen molar-refractivity contribution in [3.05, 3.63) is 52.4 Å². The summed E-state index contributed by atoms with van der Waals surface area (Å²) in [6.45, 7) is 1.70. The molecule has 1 aliphatic rings. The van der Waals surface area contributed by atoms with E-state index in [4.69, 9.17) is 4.74 Å². The van der Waals surface area contributed by atoms with E-state index in [1.165, 1.54) is 10.4 Å². The Labute approximate surface area is 188 Å². The minimum Gasteiger partial charge on any atom is -0.379 e. The van der Waals surface area contributed by atoms with Gasteiger partial charge in [0.2, 0.25) is 5.91 Å². The molecule has 174 valence electrons. The van der Waals surface area contributed by atoms with Gasteiger partial charge in [-0.05, 0) is 30.7 Å². The molecule has 0 atom stereocenters. The number of rotatable bonds is 9. The van der Waals surface area contributed by atoms with E-state index in [1.54, 1.807) is 6.07 Å². The van der Waals surface area contributed by atoms with Crippen LogP contribution in [0.15, 0.2) is 34.5 Å². The fourth-order valence-corrected chi connectivity index (χ4v) is 5.86. The Morgan fingerprint density at radius 3 is 2.56 bits per heavy atom. The van der Waals surface area contributed by atoms with Gasteiger partial charge >= 0.3 is 0 Å². The highest BCUT2D eigenvalue weighted by Crippen LogP contribution is 2.25. The van der Waals surface area contributed by atoms with E-state index < -0.39 is 27.6 Å². The van der Waals surface area contributed by atoms with E-state index in [2.05, 4.69) is 10.6 Å². The second-order valence-electron chi connectivity index (χ2n) is 7.00. The number of carbonyl (C=O) groups excluding carboxylic acids is 2. The van der Waals surface area contributed by atoms with E-state index in [9.17, 15) is 26.8 Å². The molecule has 1 fully saturated rings. The highest BCUT2D eigenvalue weighted by atomic mass is 32.2. The molecule has 3 rings (SSSR count). The van der Waals surface area contributed by atoms with Crippen LogP contribution in [0.1, 0.15) is 28.1 Å². The van der Waals surface area contributed by atoms with Gasteiger partial charge in [0, 0.05) is 37.0 Å². The maximum atomic E-state index is 13.6. The lowest BCUT2D eigenvalue weighted by Gasteiger charge is -2.25. The first-order valence-electron chi connectivity index (χ1n) is 9.94. The summed E-state index contributed by atoms with van der Waals surface area (Å²) in [5.41, 5.74) is -0.267. The van der Waals surface area contributed by atoms with Crippen LogP contribution < -0.4 is 10.6 Å². The molecule has 12 heteroatoms. The molecule has 0 aliphatic carbocycles. The molecule has 0 radical (unpaired) electrons. The molecule has 0 bridgehead atoms. The number of halogens is 2. The van der Waals surface area contributed by atoms with Crippen LogP contribution in [0.2, 0.25) is 0 Å². The molecular weight excluding hydrogens is 464 g/mol. The van der Waals surface area contributed by atoms with Crippen LogP contribution in [0.25, 0.3) is 0 Å². The highest BCUT2D eigenvalue weighted by Gasteiger charge is 2.27. The molecule has 1 aromatic carbocycles. The van der Waals surface area contributed by atoms with Crippen LogP contribution in [-0.4, -0.2) is 57.4 Å². The predicted octanol–water partition coefficient (Wildman–Crippen LogP) is 1.87. The van der Waals surface area contributed by atoms with E-state index in [0.717, 1.165) is 23.5 Å². The lowest BCUT2D eigenvalue weighted by atomic mass is 10.2. The number of morpholine rings is 1. The van der Waals surface area contributed by atoms with Crippen LogP contribution in [0.4, 0.5) is 8.78 Å². The molecule has 2 aromatic rings. The Bertz CT molecular complexity index is 1070. The summed E-state index contributed by atoms with van der Waals surface area (Å²) < 4.78 is 58.5. The van der Waals surface area contributed by atoms with Gasteiger partial charge in [-0.3, -0.25) is 9.59 Å². The van der Waals surface area contributed by atoms with Crippen LogP contribution >= 0.6 is 11.3 Å². The maximum Gasteiger partial charge on any atom is 0.254 e. The Morgan fingerprint density at radius 2 is 1.84 bits per heavy atom. The minimum atomic E-state index is -3.56. The van der Waals surface area contributed by atoms with Crippen molar-refractivity contribution < 1.29 is 31.5 Å². The number of benzene rings is 1. The van der Waals surface area contributed by atoms with Crippen LogP contribution in [0.3, 0.4) is 0 Å². The van der Waals surface area contributed by atoms with Gasteiger partial charge in [-0.2, -0.15) is 4.31 Å². The Kier molecular flexibility index (Phi) is 8.29. The van der Waals surface area contributed by atoms with Crippen molar-refractivity contribution in [2.75, 3.05) is 32.8 Å². The number of hydrogen-bond donors (Lipinski definition) is 2. The fraction of sp³-hybridized carbons (Fsp3) is 0.400. The standard InChI is InChI=1S/C20H23F2N3O5S2/c21-14-3-5-16(17(22)12-14)20(27)23-7-1-2-18(26)24-13-15-4-6-19(31-15)32(28,29)25-8-10-30-11-9-25/h3-6,12H,1-2,7-11,13H2,(H,23,27)(H,24,26). The maximum absolute atomic E-state index is 13.6. The van der Waals surface area contributed by atoms with Gasteiger partial charge in [-0.25, -0.2) is 17.2 Å². The van der Waals surface area contributed by atoms with Crippen molar-refractivity contribution in [1.82, 2.24) is 14.9 Å². The fourth-order valence-electron chi connectivity index (χ4n) is 3.00. The number of ether oxygens (including phenoxy) is 1. The molecule has 0 saturated carbocycles. The number of thiophene rings is 1. The first-order chi connectivity index (χ1) is 15.3. The molecule has 1 saturated heterocycles. The number of hydrogen-bond acceptors (Lipinski definition) is 6. The number of nitrogens with zero attached hydrogens (tertiary/aromatic N) is 1. The van der Waals surface area contributed by atoms with E-state index in [-0.39, 0.29) is 35.2 Å². The molecule has 32 heavy (non-hydrogen) atoms. The molecule has 1 aromatic heterocycles. The summed E-state index contributed by atoms with van der Waals surface area (Å²) in [6, 6.07) is 5.87. The molecule has 0 unspecified atom stereocenters. The third-order valence-electron chi connectivity index (χ3n) is 4.70. The molecule has 1 aliphatic heterocycles. The smallest absolute Gasteiger partial charge is 0.254 e. The average Bonchev–Trinajstić information content (AvgIpc) is 3.26. The average molecular weight is 488 g/mol. The van der Waals surface area contributed by atoms with Crippen molar-refractivity contribution in [2.24, 2.45) is 0 Å². The monoisotopic (exact) mass is 487 g/mol. The van der Waals surface area contributed by atoms with Gasteiger partial charge in [0.15, 0.2) is 0 Å². The summed E-state index contributed by atoms with van der Waals surface area (Å²) >= 11 is 1.10. The minimum absolute atomic E-state index is 0.122. The van der Waals surface area contributed by atoms with Crippen LogP contribution in [0.5, 0.6) is 0 Å². The van der Waals surface area contributed by atoms with Gasteiger partial charge in [0.05, 0.1) is 25.3 Å². The third kappa shape index (κ3) is 6.31.